The van der Waals surface area contributed by atoms with Crippen LogP contribution < -0.4 is 5.32 Å². The van der Waals surface area contributed by atoms with Crippen molar-refractivity contribution in [3.05, 3.63) is 35.4 Å². The van der Waals surface area contributed by atoms with Crippen molar-refractivity contribution < 1.29 is 23.0 Å². The lowest BCUT2D eigenvalue weighted by Gasteiger charge is -2.35. The Morgan fingerprint density at radius 2 is 2.00 bits per heavy atom. The number of aliphatic imine (C=N–C) groups is 1. The fourth-order valence-electron chi connectivity index (χ4n) is 4.01. The lowest BCUT2D eigenvalue weighted by Crippen LogP contribution is -2.48. The van der Waals surface area contributed by atoms with Gasteiger partial charge >= 0.3 is 6.18 Å². The Balaban J connectivity index is 0.00000363. The molecule has 2 heterocycles. The van der Waals surface area contributed by atoms with Gasteiger partial charge in [0.05, 0.1) is 24.8 Å². The van der Waals surface area contributed by atoms with Gasteiger partial charge in [0.25, 0.3) is 0 Å². The average molecular weight is 570 g/mol. The summed E-state index contributed by atoms with van der Waals surface area (Å²) < 4.78 is 45.0. The van der Waals surface area contributed by atoms with Crippen molar-refractivity contribution in [2.24, 2.45) is 4.99 Å². The van der Waals surface area contributed by atoms with Gasteiger partial charge in [-0.05, 0) is 50.4 Å². The highest BCUT2D eigenvalue weighted by atomic mass is 127. The SMILES string of the molecule is CCNC(=NCCCN1CCC(O)CC1)N1CCOC(c2cccc(C(F)(F)F)c2)C1.I. The van der Waals surface area contributed by atoms with Crippen molar-refractivity contribution in [1.29, 1.82) is 0 Å². The van der Waals surface area contributed by atoms with E-state index in [0.29, 0.717) is 38.3 Å². The number of piperidine rings is 1. The maximum absolute atomic E-state index is 13.1. The Bertz CT molecular complexity index is 727. The number of nitrogens with one attached hydrogen (secondary N) is 1. The van der Waals surface area contributed by atoms with E-state index in [-0.39, 0.29) is 30.1 Å². The summed E-state index contributed by atoms with van der Waals surface area (Å²) in [4.78, 5) is 9.16. The molecule has 3 rings (SSSR count). The topological polar surface area (TPSA) is 60.3 Å². The molecule has 6 nitrogen and oxygen atoms in total. The minimum Gasteiger partial charge on any atom is -0.393 e. The van der Waals surface area contributed by atoms with Crippen LogP contribution in [0.1, 0.15) is 43.4 Å². The highest BCUT2D eigenvalue weighted by Crippen LogP contribution is 2.32. The molecule has 1 atom stereocenters. The van der Waals surface area contributed by atoms with Crippen molar-refractivity contribution in [3.63, 3.8) is 0 Å². The molecule has 1 aromatic carbocycles. The van der Waals surface area contributed by atoms with E-state index in [4.69, 9.17) is 9.73 Å². The number of morpholine rings is 1. The van der Waals surface area contributed by atoms with Crippen LogP contribution in [0.3, 0.4) is 0 Å². The molecule has 2 aliphatic rings. The van der Waals surface area contributed by atoms with E-state index in [9.17, 15) is 18.3 Å². The number of alkyl halides is 3. The monoisotopic (exact) mass is 570 g/mol. The number of likely N-dealkylation sites (tertiary alicyclic amines) is 1. The Kier molecular flexibility index (Phi) is 11.0. The van der Waals surface area contributed by atoms with E-state index in [1.54, 1.807) is 6.07 Å². The predicted octanol–water partition coefficient (Wildman–Crippen LogP) is 3.51. The molecule has 0 aliphatic carbocycles. The molecular formula is C22H34F3IN4O2. The fraction of sp³-hybridized carbons (Fsp3) is 0.682. The summed E-state index contributed by atoms with van der Waals surface area (Å²) in [6, 6.07) is 5.37. The first-order chi connectivity index (χ1) is 14.9. The van der Waals surface area contributed by atoms with E-state index in [1.807, 2.05) is 6.92 Å². The van der Waals surface area contributed by atoms with Gasteiger partial charge in [-0.1, -0.05) is 12.1 Å². The second kappa shape index (κ2) is 13.0. The van der Waals surface area contributed by atoms with E-state index in [2.05, 4.69) is 15.1 Å². The summed E-state index contributed by atoms with van der Waals surface area (Å²) >= 11 is 0. The van der Waals surface area contributed by atoms with E-state index >= 15 is 0 Å². The van der Waals surface area contributed by atoms with Crippen LogP contribution in [-0.2, 0) is 10.9 Å². The zero-order valence-electron chi connectivity index (χ0n) is 18.5. The van der Waals surface area contributed by atoms with Gasteiger partial charge in [-0.25, -0.2) is 0 Å². The van der Waals surface area contributed by atoms with Crippen molar-refractivity contribution in [1.82, 2.24) is 15.1 Å². The van der Waals surface area contributed by atoms with Gasteiger partial charge < -0.3 is 25.0 Å². The molecule has 0 saturated carbocycles. The fourth-order valence-corrected chi connectivity index (χ4v) is 4.01. The third-order valence-corrected chi connectivity index (χ3v) is 5.74. The number of rotatable bonds is 6. The number of aliphatic hydroxyl groups is 1. The molecule has 2 saturated heterocycles. The summed E-state index contributed by atoms with van der Waals surface area (Å²) in [5.74, 6) is 0.775. The van der Waals surface area contributed by atoms with Gasteiger partial charge in [-0.15, -0.1) is 24.0 Å². The Hall–Kier alpha value is -1.11. The lowest BCUT2D eigenvalue weighted by molar-refractivity contribution is -0.137. The third kappa shape index (κ3) is 8.03. The van der Waals surface area contributed by atoms with Gasteiger partial charge in [-0.3, -0.25) is 4.99 Å². The second-order valence-electron chi connectivity index (χ2n) is 8.09. The number of nitrogens with zero attached hydrogens (tertiary/aromatic N) is 3. The van der Waals surface area contributed by atoms with E-state index < -0.39 is 17.8 Å². The molecular weight excluding hydrogens is 536 g/mol. The van der Waals surface area contributed by atoms with Crippen molar-refractivity contribution in [2.45, 2.75) is 44.6 Å². The van der Waals surface area contributed by atoms with Crippen LogP contribution >= 0.6 is 24.0 Å². The molecule has 1 unspecified atom stereocenters. The number of guanidine groups is 1. The van der Waals surface area contributed by atoms with Crippen molar-refractivity contribution in [3.8, 4) is 0 Å². The first-order valence-electron chi connectivity index (χ1n) is 11.1. The number of halogens is 4. The van der Waals surface area contributed by atoms with Crippen LogP contribution in [0.2, 0.25) is 0 Å². The molecule has 2 N–H and O–H groups in total. The van der Waals surface area contributed by atoms with Gasteiger partial charge in [0, 0.05) is 32.7 Å². The standard InChI is InChI=1S/C22H33F3N4O2.HI/c1-2-26-21(27-9-4-10-28-11-7-19(30)8-12-28)29-13-14-31-20(16-29)17-5-3-6-18(15-17)22(23,24)25;/h3,5-6,15,19-20,30H,2,4,7-14,16H2,1H3,(H,26,27);1H. The van der Waals surface area contributed by atoms with Gasteiger partial charge in [0.15, 0.2) is 5.96 Å². The molecule has 10 heteroatoms. The number of benzene rings is 1. The molecule has 1 aromatic rings. The van der Waals surface area contributed by atoms with Crippen molar-refractivity contribution in [2.75, 3.05) is 52.4 Å². The molecule has 32 heavy (non-hydrogen) atoms. The second-order valence-corrected chi connectivity index (χ2v) is 8.09. The van der Waals surface area contributed by atoms with Crippen molar-refractivity contribution >= 4 is 29.9 Å². The molecule has 0 bridgehead atoms. The highest BCUT2D eigenvalue weighted by molar-refractivity contribution is 14.0. The number of aliphatic hydroxyl groups excluding tert-OH is 1. The van der Waals surface area contributed by atoms with E-state index in [1.165, 1.54) is 12.1 Å². The van der Waals surface area contributed by atoms with Crippen LogP contribution in [-0.4, -0.2) is 79.4 Å². The quantitative estimate of drug-likeness (QED) is 0.238. The summed E-state index contributed by atoms with van der Waals surface area (Å²) in [7, 11) is 0. The Morgan fingerprint density at radius 3 is 2.69 bits per heavy atom. The number of ether oxygens (including phenoxy) is 1. The molecule has 0 radical (unpaired) electrons. The number of hydrogen-bond donors (Lipinski definition) is 2. The smallest absolute Gasteiger partial charge is 0.393 e. The van der Waals surface area contributed by atoms with Crippen LogP contribution in [0, 0.1) is 0 Å². The molecule has 2 fully saturated rings. The summed E-state index contributed by atoms with van der Waals surface area (Å²) in [6.07, 6.45) is -2.38. The van der Waals surface area contributed by atoms with Gasteiger partial charge in [0.1, 0.15) is 6.10 Å². The lowest BCUT2D eigenvalue weighted by atomic mass is 10.0. The Labute approximate surface area is 205 Å². The predicted molar refractivity (Wildman–Crippen MR) is 129 cm³/mol. The maximum Gasteiger partial charge on any atom is 0.416 e. The summed E-state index contributed by atoms with van der Waals surface area (Å²) in [5.41, 5.74) is -0.126. The van der Waals surface area contributed by atoms with Gasteiger partial charge in [0.2, 0.25) is 0 Å². The zero-order chi connectivity index (χ0) is 22.3. The highest BCUT2D eigenvalue weighted by Gasteiger charge is 2.32. The Morgan fingerprint density at radius 1 is 1.25 bits per heavy atom. The molecule has 0 amide bonds. The third-order valence-electron chi connectivity index (χ3n) is 5.74. The van der Waals surface area contributed by atoms with Crippen LogP contribution in [0.5, 0.6) is 0 Å². The summed E-state index contributed by atoms with van der Waals surface area (Å²) in [6.45, 7) is 7.72. The minimum atomic E-state index is -4.37. The van der Waals surface area contributed by atoms with Crippen LogP contribution in [0.15, 0.2) is 29.3 Å². The zero-order valence-corrected chi connectivity index (χ0v) is 20.8. The van der Waals surface area contributed by atoms with E-state index in [0.717, 1.165) is 50.9 Å². The molecule has 0 aromatic heterocycles. The summed E-state index contributed by atoms with van der Waals surface area (Å²) in [5, 5.41) is 12.9. The van der Waals surface area contributed by atoms with Gasteiger partial charge in [-0.2, -0.15) is 13.2 Å². The maximum atomic E-state index is 13.1. The minimum absolute atomic E-state index is 0. The largest absolute Gasteiger partial charge is 0.416 e. The molecule has 2 aliphatic heterocycles. The van der Waals surface area contributed by atoms with Crippen LogP contribution in [0.25, 0.3) is 0 Å². The first-order valence-corrected chi connectivity index (χ1v) is 11.1. The average Bonchev–Trinajstić information content (AvgIpc) is 2.77. The molecule has 182 valence electrons. The normalized spacial score (nSPS) is 21.3. The molecule has 0 spiro atoms. The van der Waals surface area contributed by atoms with Crippen LogP contribution in [0.4, 0.5) is 13.2 Å². The first kappa shape index (κ1) is 27.1. The number of hydrogen-bond acceptors (Lipinski definition) is 4.